The van der Waals surface area contributed by atoms with Crippen LogP contribution in [0.3, 0.4) is 0 Å². The van der Waals surface area contributed by atoms with Crippen molar-refractivity contribution in [3.8, 4) is 0 Å². The molecule has 0 unspecified atom stereocenters. The Morgan fingerprint density at radius 2 is 1.79 bits per heavy atom. The van der Waals surface area contributed by atoms with E-state index in [0.29, 0.717) is 17.9 Å². The summed E-state index contributed by atoms with van der Waals surface area (Å²) in [5, 5.41) is 5.46. The Labute approximate surface area is 168 Å². The molecule has 6 nitrogen and oxygen atoms in total. The average Bonchev–Trinajstić information content (AvgIpc) is 2.91. The first kappa shape index (κ1) is 19.9. The molecule has 1 fully saturated rings. The molecule has 28 heavy (non-hydrogen) atoms. The van der Waals surface area contributed by atoms with Crippen molar-refractivity contribution in [1.29, 1.82) is 0 Å². The van der Waals surface area contributed by atoms with Gasteiger partial charge in [-0.25, -0.2) is 4.79 Å². The van der Waals surface area contributed by atoms with Crippen LogP contribution in [-0.4, -0.2) is 41.6 Å². The molecule has 0 spiro atoms. The van der Waals surface area contributed by atoms with Gasteiger partial charge in [-0.1, -0.05) is 48.0 Å². The summed E-state index contributed by atoms with van der Waals surface area (Å²) >= 11 is 1.64. The standard InChI is InChI=1S/C21H23N3O3S/c1-15-8-10-17(11-9-15)28-13-12-22-18(25)14-24-19(26)21(2,23-20(24)27)16-6-4-3-5-7-16/h3-11H,12-14H2,1-2H3,(H,22,25)(H,23,27)/t21-/m0/s1. The first-order chi connectivity index (χ1) is 13.4. The maximum Gasteiger partial charge on any atom is 0.325 e. The van der Waals surface area contributed by atoms with Gasteiger partial charge in [0.05, 0.1) is 0 Å². The third-order valence-electron chi connectivity index (χ3n) is 4.64. The van der Waals surface area contributed by atoms with E-state index in [0.717, 1.165) is 9.80 Å². The topological polar surface area (TPSA) is 78.5 Å². The van der Waals surface area contributed by atoms with Crippen LogP contribution in [0.1, 0.15) is 18.1 Å². The Balaban J connectivity index is 1.50. The number of urea groups is 1. The van der Waals surface area contributed by atoms with Gasteiger partial charge in [0.2, 0.25) is 5.91 Å². The molecule has 0 aliphatic carbocycles. The van der Waals surface area contributed by atoms with Gasteiger partial charge < -0.3 is 10.6 Å². The fourth-order valence-electron chi connectivity index (χ4n) is 3.00. The second-order valence-corrected chi connectivity index (χ2v) is 7.99. The molecule has 4 amide bonds. The van der Waals surface area contributed by atoms with Crippen LogP contribution in [-0.2, 0) is 15.1 Å². The predicted molar refractivity (Wildman–Crippen MR) is 109 cm³/mol. The molecule has 2 N–H and O–H groups in total. The van der Waals surface area contributed by atoms with E-state index < -0.39 is 17.5 Å². The minimum absolute atomic E-state index is 0.289. The van der Waals surface area contributed by atoms with Crippen LogP contribution in [0.2, 0.25) is 0 Å². The summed E-state index contributed by atoms with van der Waals surface area (Å²) in [4.78, 5) is 39.3. The van der Waals surface area contributed by atoms with Crippen molar-refractivity contribution >= 4 is 29.6 Å². The highest BCUT2D eigenvalue weighted by atomic mass is 32.2. The molecule has 2 aromatic carbocycles. The van der Waals surface area contributed by atoms with Crippen molar-refractivity contribution in [2.75, 3.05) is 18.8 Å². The predicted octanol–water partition coefficient (Wildman–Crippen LogP) is 2.67. The number of rotatable bonds is 7. The molecule has 0 aromatic heterocycles. The molecule has 3 rings (SSSR count). The van der Waals surface area contributed by atoms with Gasteiger partial charge in [-0.3, -0.25) is 14.5 Å². The zero-order chi connectivity index (χ0) is 20.1. The van der Waals surface area contributed by atoms with E-state index >= 15 is 0 Å². The Morgan fingerprint density at radius 1 is 1.11 bits per heavy atom. The molecular weight excluding hydrogens is 374 g/mol. The number of benzene rings is 2. The van der Waals surface area contributed by atoms with Gasteiger partial charge in [-0.2, -0.15) is 0 Å². The van der Waals surface area contributed by atoms with E-state index in [1.807, 2.05) is 37.3 Å². The summed E-state index contributed by atoms with van der Waals surface area (Å²) in [6.07, 6.45) is 0. The first-order valence-corrected chi connectivity index (χ1v) is 10.0. The van der Waals surface area contributed by atoms with E-state index in [1.54, 1.807) is 43.0 Å². The number of amides is 4. The van der Waals surface area contributed by atoms with E-state index in [1.165, 1.54) is 5.56 Å². The number of aryl methyl sites for hydroxylation is 1. The minimum Gasteiger partial charge on any atom is -0.354 e. The van der Waals surface area contributed by atoms with Gasteiger partial charge in [0.15, 0.2) is 0 Å². The van der Waals surface area contributed by atoms with Crippen LogP contribution >= 0.6 is 11.8 Å². The average molecular weight is 398 g/mol. The lowest BCUT2D eigenvalue weighted by atomic mass is 9.92. The molecule has 2 aromatic rings. The van der Waals surface area contributed by atoms with Crippen LogP contribution in [0, 0.1) is 6.92 Å². The number of hydrogen-bond donors (Lipinski definition) is 2. The number of nitrogens with one attached hydrogen (secondary N) is 2. The third-order valence-corrected chi connectivity index (χ3v) is 5.66. The lowest BCUT2D eigenvalue weighted by molar-refractivity contribution is -0.134. The van der Waals surface area contributed by atoms with Crippen molar-refractivity contribution in [3.63, 3.8) is 0 Å². The van der Waals surface area contributed by atoms with Crippen molar-refractivity contribution in [2.45, 2.75) is 24.3 Å². The van der Waals surface area contributed by atoms with E-state index in [9.17, 15) is 14.4 Å². The lowest BCUT2D eigenvalue weighted by Gasteiger charge is -2.22. The van der Waals surface area contributed by atoms with Crippen LogP contribution < -0.4 is 10.6 Å². The Hall–Kier alpha value is -2.80. The highest BCUT2D eigenvalue weighted by Gasteiger charge is 2.49. The smallest absolute Gasteiger partial charge is 0.325 e. The molecule has 1 atom stereocenters. The molecule has 0 saturated carbocycles. The summed E-state index contributed by atoms with van der Waals surface area (Å²) in [6.45, 7) is 3.85. The largest absolute Gasteiger partial charge is 0.354 e. The zero-order valence-corrected chi connectivity index (χ0v) is 16.7. The SMILES string of the molecule is Cc1ccc(SCCNC(=O)CN2C(=O)N[C@@](C)(c3ccccc3)C2=O)cc1. The first-order valence-electron chi connectivity index (χ1n) is 9.06. The number of hydrogen-bond acceptors (Lipinski definition) is 4. The maximum atomic E-state index is 12.8. The second kappa shape index (κ2) is 8.48. The monoisotopic (exact) mass is 397 g/mol. The summed E-state index contributed by atoms with van der Waals surface area (Å²) in [6, 6.07) is 16.6. The molecule has 146 valence electrons. The molecule has 1 aliphatic rings. The van der Waals surface area contributed by atoms with Gasteiger partial charge >= 0.3 is 6.03 Å². The van der Waals surface area contributed by atoms with Crippen molar-refractivity contribution in [1.82, 2.24) is 15.5 Å². The Morgan fingerprint density at radius 3 is 2.46 bits per heavy atom. The highest BCUT2D eigenvalue weighted by molar-refractivity contribution is 7.99. The van der Waals surface area contributed by atoms with Crippen LogP contribution in [0.15, 0.2) is 59.5 Å². The van der Waals surface area contributed by atoms with E-state index in [4.69, 9.17) is 0 Å². The number of carbonyl (C=O) groups is 3. The fraction of sp³-hybridized carbons (Fsp3) is 0.286. The highest BCUT2D eigenvalue weighted by Crippen LogP contribution is 2.28. The summed E-state index contributed by atoms with van der Waals surface area (Å²) in [7, 11) is 0. The van der Waals surface area contributed by atoms with Gasteiger partial charge in [-0.05, 0) is 31.5 Å². The molecular formula is C21H23N3O3S. The van der Waals surface area contributed by atoms with Gasteiger partial charge in [0.1, 0.15) is 12.1 Å². The Bertz CT molecular complexity index is 870. The number of nitrogens with zero attached hydrogens (tertiary/aromatic N) is 1. The van der Waals surface area contributed by atoms with Crippen LogP contribution in [0.25, 0.3) is 0 Å². The normalized spacial score (nSPS) is 18.9. The molecule has 1 heterocycles. The molecule has 1 aliphatic heterocycles. The molecule has 0 radical (unpaired) electrons. The minimum atomic E-state index is -1.15. The van der Waals surface area contributed by atoms with Crippen molar-refractivity contribution < 1.29 is 14.4 Å². The van der Waals surface area contributed by atoms with Gasteiger partial charge in [0.25, 0.3) is 5.91 Å². The van der Waals surface area contributed by atoms with Crippen molar-refractivity contribution in [2.24, 2.45) is 0 Å². The van der Waals surface area contributed by atoms with Gasteiger partial charge in [-0.15, -0.1) is 11.8 Å². The zero-order valence-electron chi connectivity index (χ0n) is 15.9. The number of imide groups is 1. The maximum absolute atomic E-state index is 12.8. The second-order valence-electron chi connectivity index (χ2n) is 6.82. The molecule has 0 bridgehead atoms. The fourth-order valence-corrected chi connectivity index (χ4v) is 3.77. The number of carbonyl (C=O) groups excluding carboxylic acids is 3. The van der Waals surface area contributed by atoms with Crippen molar-refractivity contribution in [3.05, 3.63) is 65.7 Å². The lowest BCUT2D eigenvalue weighted by Crippen LogP contribution is -2.43. The van der Waals surface area contributed by atoms with Crippen LogP contribution in [0.4, 0.5) is 4.79 Å². The van der Waals surface area contributed by atoms with Gasteiger partial charge in [0, 0.05) is 17.2 Å². The summed E-state index contributed by atoms with van der Waals surface area (Å²) < 4.78 is 0. The molecule has 7 heteroatoms. The van der Waals surface area contributed by atoms with E-state index in [2.05, 4.69) is 10.6 Å². The quantitative estimate of drug-likeness (QED) is 0.428. The summed E-state index contributed by atoms with van der Waals surface area (Å²) in [5.41, 5.74) is 0.736. The van der Waals surface area contributed by atoms with E-state index in [-0.39, 0.29) is 12.5 Å². The van der Waals surface area contributed by atoms with Crippen LogP contribution in [0.5, 0.6) is 0 Å². The molecule has 1 saturated heterocycles. The third kappa shape index (κ3) is 4.36. The number of thioether (sulfide) groups is 1. The Kier molecular flexibility index (Phi) is 6.04. The summed E-state index contributed by atoms with van der Waals surface area (Å²) in [5.74, 6) is -0.0744.